The van der Waals surface area contributed by atoms with Crippen molar-refractivity contribution in [3.05, 3.63) is 24.3 Å². The molecule has 0 aliphatic rings. The number of hydrogen-bond acceptors (Lipinski definition) is 9. The number of esters is 2. The number of phosphoric ester groups is 1. The van der Waals surface area contributed by atoms with Gasteiger partial charge in [0.15, 0.2) is 0 Å². The molecule has 3 atom stereocenters. The second-order valence-electron chi connectivity index (χ2n) is 16.1. The lowest BCUT2D eigenvalue weighted by atomic mass is 10.0. The fourth-order valence-corrected chi connectivity index (χ4v) is 7.52. The first-order chi connectivity index (χ1) is 28.3. The number of aliphatic hydroxyl groups excluding tert-OH is 2. The lowest BCUT2D eigenvalue weighted by Crippen LogP contribution is -2.28. The predicted molar refractivity (Wildman–Crippen MR) is 238 cm³/mol. The van der Waals surface area contributed by atoms with Gasteiger partial charge in [0.2, 0.25) is 0 Å². The van der Waals surface area contributed by atoms with Crippen molar-refractivity contribution in [2.45, 2.75) is 238 Å². The van der Waals surface area contributed by atoms with Gasteiger partial charge in [0.1, 0.15) is 12.2 Å². The number of ether oxygens (including phenoxy) is 2. The Labute approximate surface area is 355 Å². The summed E-state index contributed by atoms with van der Waals surface area (Å²) in [6.07, 6.45) is 44.3. The lowest BCUT2D eigenvalue weighted by molar-refractivity contribution is -0.153. The van der Waals surface area contributed by atoms with Crippen molar-refractivity contribution in [1.82, 2.24) is 0 Å². The Balaban J connectivity index is 3.86. The van der Waals surface area contributed by atoms with Crippen LogP contribution >= 0.6 is 7.82 Å². The SMILES string of the molecule is CCCCC/C=C\C/C=C\CCCCCCCCCC(=O)OC(CO)COP(=O)(O)OCC(CO)OC(=O)CCCCCCCCCCCCCCCCCCCC. The number of allylic oxidation sites excluding steroid dienone is 4. The highest BCUT2D eigenvalue weighted by molar-refractivity contribution is 7.47. The van der Waals surface area contributed by atoms with Crippen LogP contribution < -0.4 is 0 Å². The monoisotopic (exact) mass is 845 g/mol. The molecule has 0 heterocycles. The van der Waals surface area contributed by atoms with E-state index in [4.69, 9.17) is 18.5 Å². The maximum Gasteiger partial charge on any atom is 0.472 e. The first kappa shape index (κ1) is 56.5. The highest BCUT2D eigenvalue weighted by atomic mass is 31.2. The van der Waals surface area contributed by atoms with Crippen LogP contribution in [0.25, 0.3) is 0 Å². The van der Waals surface area contributed by atoms with Crippen molar-refractivity contribution < 1.29 is 47.8 Å². The minimum atomic E-state index is -4.64. The zero-order chi connectivity index (χ0) is 42.6. The molecular weight excluding hydrogens is 755 g/mol. The van der Waals surface area contributed by atoms with E-state index in [2.05, 4.69) is 38.2 Å². The van der Waals surface area contributed by atoms with Gasteiger partial charge >= 0.3 is 19.8 Å². The molecule has 3 N–H and O–H groups in total. The van der Waals surface area contributed by atoms with E-state index >= 15 is 0 Å². The average molecular weight is 845 g/mol. The molecule has 58 heavy (non-hydrogen) atoms. The summed E-state index contributed by atoms with van der Waals surface area (Å²) in [5.41, 5.74) is 0. The molecule has 0 spiro atoms. The molecule has 0 aliphatic heterocycles. The second-order valence-corrected chi connectivity index (χ2v) is 17.6. The molecule has 0 aromatic carbocycles. The van der Waals surface area contributed by atoms with E-state index < -0.39 is 58.4 Å². The third-order valence-corrected chi connectivity index (χ3v) is 11.4. The van der Waals surface area contributed by atoms with Gasteiger partial charge in [-0.3, -0.25) is 18.6 Å². The Hall–Kier alpha value is -1.55. The fraction of sp³-hybridized carbons (Fsp3) is 0.872. The summed E-state index contributed by atoms with van der Waals surface area (Å²) in [4.78, 5) is 34.6. The second kappa shape index (κ2) is 43.5. The van der Waals surface area contributed by atoms with Crippen LogP contribution in [0.3, 0.4) is 0 Å². The molecule has 0 amide bonds. The van der Waals surface area contributed by atoms with Crippen molar-refractivity contribution >= 4 is 19.8 Å². The molecule has 0 aliphatic carbocycles. The van der Waals surface area contributed by atoms with E-state index in [-0.39, 0.29) is 12.8 Å². The van der Waals surface area contributed by atoms with Gasteiger partial charge in [-0.2, -0.15) is 0 Å². The summed E-state index contributed by atoms with van der Waals surface area (Å²) in [5.74, 6) is -1.02. The number of unbranched alkanes of at least 4 members (excludes halogenated alkanes) is 27. The van der Waals surface area contributed by atoms with Crippen molar-refractivity contribution in [2.24, 2.45) is 0 Å². The molecule has 0 aromatic heterocycles. The van der Waals surface area contributed by atoms with Crippen LogP contribution in [0, 0.1) is 0 Å². The smallest absolute Gasteiger partial charge is 0.457 e. The number of aliphatic hydroxyl groups is 2. The Kier molecular flexibility index (Phi) is 42.4. The molecule has 11 heteroatoms. The lowest BCUT2D eigenvalue weighted by Gasteiger charge is -2.20. The quantitative estimate of drug-likeness (QED) is 0.0234. The molecule has 342 valence electrons. The zero-order valence-electron chi connectivity index (χ0n) is 37.3. The average Bonchev–Trinajstić information content (AvgIpc) is 3.21. The normalized spacial score (nSPS) is 13.9. The van der Waals surface area contributed by atoms with Gasteiger partial charge in [-0.25, -0.2) is 4.57 Å². The largest absolute Gasteiger partial charge is 0.472 e. The summed E-state index contributed by atoms with van der Waals surface area (Å²) in [6.45, 7) is 2.21. The van der Waals surface area contributed by atoms with E-state index in [1.807, 2.05) is 0 Å². The standard InChI is InChI=1S/C47H89O10P/c1-3-5-7-9-11-13-15-17-19-21-23-25-27-29-31-33-35-37-39-47(51)57-45(41-49)43-55-58(52,53)54-42-44(40-48)56-46(50)38-36-34-32-30-28-26-24-22-20-18-16-14-12-10-8-6-4-2/h12,14,18,20,44-45,48-49H,3-11,13,15-17,19,21-43H2,1-2H3,(H,52,53)/b14-12-,20-18-. The Morgan fingerprint density at radius 1 is 0.466 bits per heavy atom. The number of phosphoric acid groups is 1. The third kappa shape index (κ3) is 41.2. The maximum absolute atomic E-state index is 12.4. The molecule has 0 rings (SSSR count). The molecule has 0 saturated heterocycles. The zero-order valence-corrected chi connectivity index (χ0v) is 38.2. The van der Waals surface area contributed by atoms with Gasteiger partial charge in [0.05, 0.1) is 26.4 Å². The van der Waals surface area contributed by atoms with Gasteiger partial charge in [-0.1, -0.05) is 192 Å². The van der Waals surface area contributed by atoms with Crippen LogP contribution in [0.15, 0.2) is 24.3 Å². The van der Waals surface area contributed by atoms with Crippen LogP contribution in [0.4, 0.5) is 0 Å². The molecule has 10 nitrogen and oxygen atoms in total. The van der Waals surface area contributed by atoms with E-state index in [0.717, 1.165) is 51.4 Å². The van der Waals surface area contributed by atoms with Crippen LogP contribution in [-0.4, -0.2) is 65.7 Å². The van der Waals surface area contributed by atoms with Crippen LogP contribution in [0.1, 0.15) is 226 Å². The van der Waals surface area contributed by atoms with Crippen molar-refractivity contribution in [1.29, 1.82) is 0 Å². The van der Waals surface area contributed by atoms with Crippen LogP contribution in [-0.2, 0) is 32.7 Å². The van der Waals surface area contributed by atoms with Gasteiger partial charge in [0.25, 0.3) is 0 Å². The summed E-state index contributed by atoms with van der Waals surface area (Å²) in [6, 6.07) is 0. The Bertz CT molecular complexity index is 1020. The highest BCUT2D eigenvalue weighted by Crippen LogP contribution is 2.43. The number of rotatable bonds is 45. The summed E-state index contributed by atoms with van der Waals surface area (Å²) in [5, 5.41) is 19.2. The molecule has 0 saturated carbocycles. The topological polar surface area (TPSA) is 149 Å². The first-order valence-corrected chi connectivity index (χ1v) is 25.3. The van der Waals surface area contributed by atoms with Crippen molar-refractivity contribution in [3.63, 3.8) is 0 Å². The minimum Gasteiger partial charge on any atom is -0.457 e. The van der Waals surface area contributed by atoms with E-state index in [1.54, 1.807) is 0 Å². The highest BCUT2D eigenvalue weighted by Gasteiger charge is 2.27. The van der Waals surface area contributed by atoms with Gasteiger partial charge in [-0.15, -0.1) is 0 Å². The summed E-state index contributed by atoms with van der Waals surface area (Å²) >= 11 is 0. The first-order valence-electron chi connectivity index (χ1n) is 23.8. The summed E-state index contributed by atoms with van der Waals surface area (Å²) in [7, 11) is -4.64. The van der Waals surface area contributed by atoms with E-state index in [9.17, 15) is 29.3 Å². The maximum atomic E-state index is 12.4. The van der Waals surface area contributed by atoms with Gasteiger partial charge in [-0.05, 0) is 44.9 Å². The number of carbonyl (C=O) groups is 2. The minimum absolute atomic E-state index is 0.185. The molecule has 0 fully saturated rings. The van der Waals surface area contributed by atoms with E-state index in [1.165, 1.54) is 135 Å². The molecule has 0 bridgehead atoms. The summed E-state index contributed by atoms with van der Waals surface area (Å²) < 4.78 is 32.7. The third-order valence-electron chi connectivity index (χ3n) is 10.4. The van der Waals surface area contributed by atoms with Crippen molar-refractivity contribution in [3.8, 4) is 0 Å². The fourth-order valence-electron chi connectivity index (χ4n) is 6.73. The van der Waals surface area contributed by atoms with Crippen molar-refractivity contribution in [2.75, 3.05) is 26.4 Å². The number of hydrogen-bond donors (Lipinski definition) is 3. The Morgan fingerprint density at radius 2 is 0.759 bits per heavy atom. The molecular formula is C47H89O10P. The number of carbonyl (C=O) groups excluding carboxylic acids is 2. The Morgan fingerprint density at radius 3 is 1.10 bits per heavy atom. The molecule has 0 aromatic rings. The van der Waals surface area contributed by atoms with Gasteiger partial charge in [0, 0.05) is 12.8 Å². The molecule has 3 unspecified atom stereocenters. The predicted octanol–water partition coefficient (Wildman–Crippen LogP) is 13.0. The van der Waals surface area contributed by atoms with Gasteiger partial charge < -0.3 is 24.6 Å². The van der Waals surface area contributed by atoms with Crippen LogP contribution in [0.5, 0.6) is 0 Å². The molecule has 0 radical (unpaired) electrons. The van der Waals surface area contributed by atoms with E-state index in [0.29, 0.717) is 12.8 Å². The van der Waals surface area contributed by atoms with Crippen LogP contribution in [0.2, 0.25) is 0 Å².